The molecule has 1 N–H and O–H groups in total. The topological polar surface area (TPSA) is 41.6 Å². The summed E-state index contributed by atoms with van der Waals surface area (Å²) in [5, 5.41) is 2.95. The van der Waals surface area contributed by atoms with Crippen LogP contribution in [0.2, 0.25) is 0 Å². The van der Waals surface area contributed by atoms with Crippen molar-refractivity contribution in [1.82, 2.24) is 10.2 Å². The Bertz CT molecular complexity index is 700. The highest BCUT2D eigenvalue weighted by Gasteiger charge is 2.39. The second-order valence-electron chi connectivity index (χ2n) is 6.61. The highest BCUT2D eigenvalue weighted by molar-refractivity contribution is 5.71. The Labute approximate surface area is 143 Å². The van der Waals surface area contributed by atoms with E-state index in [2.05, 4.69) is 29.3 Å². The van der Waals surface area contributed by atoms with E-state index < -0.39 is 0 Å². The summed E-state index contributed by atoms with van der Waals surface area (Å²) in [6, 6.07) is 18.4. The van der Waals surface area contributed by atoms with Crippen LogP contribution in [0.3, 0.4) is 0 Å². The van der Waals surface area contributed by atoms with Gasteiger partial charge in [0.05, 0.1) is 0 Å². The van der Waals surface area contributed by atoms with Crippen molar-refractivity contribution in [3.63, 3.8) is 0 Å². The number of hydrogen-bond acceptors (Lipinski definition) is 3. The molecule has 0 bridgehead atoms. The molecule has 0 unspecified atom stereocenters. The van der Waals surface area contributed by atoms with Gasteiger partial charge in [0.15, 0.2) is 0 Å². The molecule has 1 aliphatic rings. The van der Waals surface area contributed by atoms with Crippen molar-refractivity contribution >= 4 is 6.09 Å². The van der Waals surface area contributed by atoms with E-state index >= 15 is 0 Å². The lowest BCUT2D eigenvalue weighted by Crippen LogP contribution is -2.29. The highest BCUT2D eigenvalue weighted by atomic mass is 16.6. The van der Waals surface area contributed by atoms with Crippen LogP contribution in [0.15, 0.2) is 54.6 Å². The van der Waals surface area contributed by atoms with Crippen LogP contribution in [-0.2, 0) is 0 Å². The Morgan fingerprint density at radius 1 is 1.17 bits per heavy atom. The van der Waals surface area contributed by atoms with Gasteiger partial charge in [-0.25, -0.2) is 4.79 Å². The zero-order chi connectivity index (χ0) is 17.1. The molecule has 4 nitrogen and oxygen atoms in total. The number of carbonyl (C=O) groups is 1. The minimum absolute atomic E-state index is 0.170. The SMILES string of the molecule is C[C@@H](c1cccc(OC(=O)N[C@@H]2C[C@H]2c2ccccc2)c1)N(C)C. The molecule has 1 aliphatic carbocycles. The van der Waals surface area contributed by atoms with Crippen molar-refractivity contribution in [3.8, 4) is 5.75 Å². The molecule has 1 amide bonds. The fourth-order valence-corrected chi connectivity index (χ4v) is 2.85. The number of nitrogens with zero attached hydrogens (tertiary/aromatic N) is 1. The van der Waals surface area contributed by atoms with Gasteiger partial charge in [-0.05, 0) is 50.7 Å². The van der Waals surface area contributed by atoms with Crippen LogP contribution in [0.4, 0.5) is 4.79 Å². The Morgan fingerprint density at radius 3 is 2.62 bits per heavy atom. The van der Waals surface area contributed by atoms with Crippen LogP contribution >= 0.6 is 0 Å². The molecule has 3 rings (SSSR count). The van der Waals surface area contributed by atoms with Crippen LogP contribution in [-0.4, -0.2) is 31.1 Å². The molecule has 1 fully saturated rings. The summed E-state index contributed by atoms with van der Waals surface area (Å²) >= 11 is 0. The Morgan fingerprint density at radius 2 is 1.92 bits per heavy atom. The molecule has 24 heavy (non-hydrogen) atoms. The first-order valence-corrected chi connectivity index (χ1v) is 8.34. The molecule has 2 aromatic carbocycles. The van der Waals surface area contributed by atoms with Gasteiger partial charge >= 0.3 is 6.09 Å². The van der Waals surface area contributed by atoms with Crippen molar-refractivity contribution in [1.29, 1.82) is 0 Å². The summed E-state index contributed by atoms with van der Waals surface area (Å²) in [6.07, 6.45) is 0.588. The third-order valence-electron chi connectivity index (χ3n) is 4.65. The molecule has 0 aliphatic heterocycles. The summed E-state index contributed by atoms with van der Waals surface area (Å²) in [7, 11) is 4.06. The molecule has 0 spiro atoms. The van der Waals surface area contributed by atoms with Gasteiger partial charge in [-0.3, -0.25) is 0 Å². The van der Waals surface area contributed by atoms with Crippen molar-refractivity contribution in [2.75, 3.05) is 14.1 Å². The maximum atomic E-state index is 12.1. The average Bonchev–Trinajstić information content (AvgIpc) is 3.34. The maximum Gasteiger partial charge on any atom is 0.412 e. The van der Waals surface area contributed by atoms with E-state index in [1.165, 1.54) is 5.56 Å². The quantitative estimate of drug-likeness (QED) is 0.905. The molecule has 0 saturated heterocycles. The third-order valence-corrected chi connectivity index (χ3v) is 4.65. The summed E-state index contributed by atoms with van der Waals surface area (Å²) < 4.78 is 5.45. The van der Waals surface area contributed by atoms with Crippen molar-refractivity contribution in [3.05, 3.63) is 65.7 Å². The lowest BCUT2D eigenvalue weighted by atomic mass is 10.1. The smallest absolute Gasteiger partial charge is 0.410 e. The summed E-state index contributed by atoms with van der Waals surface area (Å²) in [5.41, 5.74) is 2.39. The average molecular weight is 324 g/mol. The van der Waals surface area contributed by atoms with E-state index in [1.807, 2.05) is 56.6 Å². The van der Waals surface area contributed by atoms with Crippen LogP contribution in [0.5, 0.6) is 5.75 Å². The number of hydrogen-bond donors (Lipinski definition) is 1. The van der Waals surface area contributed by atoms with E-state index in [0.717, 1.165) is 12.0 Å². The molecular weight excluding hydrogens is 300 g/mol. The Balaban J connectivity index is 1.55. The minimum atomic E-state index is -0.381. The van der Waals surface area contributed by atoms with Crippen LogP contribution < -0.4 is 10.1 Å². The summed E-state index contributed by atoms with van der Waals surface area (Å²) in [5.74, 6) is 0.981. The normalized spacial score (nSPS) is 20.5. The molecular formula is C20H24N2O2. The number of rotatable bonds is 5. The van der Waals surface area contributed by atoms with Crippen molar-refractivity contribution in [2.24, 2.45) is 0 Å². The first kappa shape index (κ1) is 16.5. The lowest BCUT2D eigenvalue weighted by molar-refractivity contribution is 0.199. The van der Waals surface area contributed by atoms with Crippen molar-refractivity contribution in [2.45, 2.75) is 31.3 Å². The predicted molar refractivity (Wildman–Crippen MR) is 95.3 cm³/mol. The number of benzene rings is 2. The third kappa shape index (κ3) is 3.95. The molecule has 3 atom stereocenters. The van der Waals surface area contributed by atoms with E-state index in [-0.39, 0.29) is 18.2 Å². The van der Waals surface area contributed by atoms with Gasteiger partial charge < -0.3 is 15.0 Å². The van der Waals surface area contributed by atoms with Crippen LogP contribution in [0.1, 0.15) is 36.4 Å². The fourth-order valence-electron chi connectivity index (χ4n) is 2.85. The summed E-state index contributed by atoms with van der Waals surface area (Å²) in [6.45, 7) is 2.12. The van der Waals surface area contributed by atoms with Gasteiger partial charge in [0.2, 0.25) is 0 Å². The van der Waals surface area contributed by atoms with Crippen LogP contribution in [0.25, 0.3) is 0 Å². The molecule has 1 saturated carbocycles. The second-order valence-corrected chi connectivity index (χ2v) is 6.61. The minimum Gasteiger partial charge on any atom is -0.410 e. The van der Waals surface area contributed by atoms with Gasteiger partial charge in [0.1, 0.15) is 5.75 Å². The second kappa shape index (κ2) is 7.05. The monoisotopic (exact) mass is 324 g/mol. The molecule has 2 aromatic rings. The molecule has 4 heteroatoms. The van der Waals surface area contributed by atoms with Gasteiger partial charge in [-0.1, -0.05) is 42.5 Å². The van der Waals surface area contributed by atoms with E-state index in [4.69, 9.17) is 4.74 Å². The van der Waals surface area contributed by atoms with Crippen molar-refractivity contribution < 1.29 is 9.53 Å². The number of carbonyl (C=O) groups excluding carboxylic acids is 1. The zero-order valence-electron chi connectivity index (χ0n) is 14.4. The van der Waals surface area contributed by atoms with Crippen LogP contribution in [0, 0.1) is 0 Å². The Kier molecular flexibility index (Phi) is 4.86. The molecule has 126 valence electrons. The number of nitrogens with one attached hydrogen (secondary N) is 1. The van der Waals surface area contributed by atoms with E-state index in [9.17, 15) is 4.79 Å². The van der Waals surface area contributed by atoms with E-state index in [0.29, 0.717) is 11.7 Å². The van der Waals surface area contributed by atoms with Gasteiger partial charge in [-0.2, -0.15) is 0 Å². The molecule has 0 heterocycles. The highest BCUT2D eigenvalue weighted by Crippen LogP contribution is 2.40. The lowest BCUT2D eigenvalue weighted by Gasteiger charge is -2.20. The predicted octanol–water partition coefficient (Wildman–Crippen LogP) is 3.95. The summed E-state index contributed by atoms with van der Waals surface area (Å²) in [4.78, 5) is 14.2. The zero-order valence-corrected chi connectivity index (χ0v) is 14.4. The van der Waals surface area contributed by atoms with E-state index in [1.54, 1.807) is 0 Å². The van der Waals surface area contributed by atoms with Gasteiger partial charge in [0, 0.05) is 18.0 Å². The van der Waals surface area contributed by atoms with Gasteiger partial charge in [-0.15, -0.1) is 0 Å². The first-order chi connectivity index (χ1) is 11.5. The maximum absolute atomic E-state index is 12.1. The molecule has 0 radical (unpaired) electrons. The van der Waals surface area contributed by atoms with Gasteiger partial charge in [0.25, 0.3) is 0 Å². The standard InChI is InChI=1S/C20H24N2O2/c1-14(22(2)3)16-10-7-11-17(12-16)24-20(23)21-19-13-18(19)15-8-5-4-6-9-15/h4-12,14,18-19H,13H2,1-3H3,(H,21,23)/t14-,18-,19+/m0/s1. The molecule has 0 aromatic heterocycles. The largest absolute Gasteiger partial charge is 0.412 e. The first-order valence-electron chi connectivity index (χ1n) is 8.34. The number of amides is 1. The number of ether oxygens (including phenoxy) is 1. The fraction of sp³-hybridized carbons (Fsp3) is 0.350. The Hall–Kier alpha value is -2.33.